The molecule has 0 aliphatic carbocycles. The largest absolute Gasteiger partial charge is 0.398 e. The third-order valence-corrected chi connectivity index (χ3v) is 4.33. The minimum absolute atomic E-state index is 0.306. The molecule has 0 saturated heterocycles. The van der Waals surface area contributed by atoms with E-state index in [1.54, 1.807) is 18.2 Å². The zero-order valence-corrected chi connectivity index (χ0v) is 12.8. The molecule has 0 radical (unpaired) electrons. The molecule has 94 valence electrons. The number of nitrogen functional groups attached to an aromatic ring is 1. The van der Waals surface area contributed by atoms with E-state index in [1.165, 1.54) is 6.07 Å². The van der Waals surface area contributed by atoms with E-state index in [0.717, 1.165) is 15.8 Å². The van der Waals surface area contributed by atoms with Gasteiger partial charge in [-0.25, -0.2) is 0 Å². The predicted octanol–water partition coefficient (Wildman–Crippen LogP) is 4.65. The van der Waals surface area contributed by atoms with Crippen LogP contribution < -0.4 is 11.1 Å². The lowest BCUT2D eigenvalue weighted by atomic mass is 10.2. The van der Waals surface area contributed by atoms with E-state index in [-0.39, 0.29) is 5.91 Å². The Bertz CT molecular complexity index is 615. The second kappa shape index (κ2) is 5.48. The van der Waals surface area contributed by atoms with Gasteiger partial charge in [-0.1, -0.05) is 23.2 Å². The van der Waals surface area contributed by atoms with Gasteiger partial charge in [0, 0.05) is 15.8 Å². The van der Waals surface area contributed by atoms with E-state index >= 15 is 0 Å². The van der Waals surface area contributed by atoms with Crippen molar-refractivity contribution in [2.24, 2.45) is 0 Å². The van der Waals surface area contributed by atoms with Gasteiger partial charge in [0.15, 0.2) is 0 Å². The maximum atomic E-state index is 12.0. The summed E-state index contributed by atoms with van der Waals surface area (Å²) in [7, 11) is 0. The lowest BCUT2D eigenvalue weighted by Gasteiger charge is -2.06. The van der Waals surface area contributed by atoms with Gasteiger partial charge in [-0.2, -0.15) is 0 Å². The fraction of sp³-hybridized carbons (Fsp3) is 0. The van der Waals surface area contributed by atoms with E-state index in [0.29, 0.717) is 25.6 Å². The maximum Gasteiger partial charge on any atom is 0.258 e. The summed E-state index contributed by atoms with van der Waals surface area (Å²) in [5.41, 5.74) is 7.25. The second-order valence-corrected chi connectivity index (χ2v) is 6.57. The van der Waals surface area contributed by atoms with Crippen molar-refractivity contribution in [3.8, 4) is 0 Å². The molecule has 2 aromatic rings. The van der Waals surface area contributed by atoms with E-state index in [1.807, 2.05) is 0 Å². The Morgan fingerprint density at radius 3 is 2.61 bits per heavy atom. The third-order valence-electron chi connectivity index (χ3n) is 2.16. The van der Waals surface area contributed by atoms with E-state index in [2.05, 4.69) is 21.2 Å². The summed E-state index contributed by atoms with van der Waals surface area (Å²) in [5.74, 6) is -0.306. The van der Waals surface area contributed by atoms with Crippen LogP contribution in [0, 0.1) is 0 Å². The molecule has 0 atom stereocenters. The summed E-state index contributed by atoms with van der Waals surface area (Å²) in [6.07, 6.45) is 0. The number of rotatable bonds is 2. The van der Waals surface area contributed by atoms with Crippen molar-refractivity contribution < 1.29 is 4.79 Å². The summed E-state index contributed by atoms with van der Waals surface area (Å²) in [6, 6.07) is 6.66. The van der Waals surface area contributed by atoms with Crippen LogP contribution in [-0.4, -0.2) is 5.91 Å². The highest BCUT2D eigenvalue weighted by atomic mass is 79.9. The van der Waals surface area contributed by atoms with Crippen LogP contribution in [0.4, 0.5) is 11.4 Å². The van der Waals surface area contributed by atoms with Crippen LogP contribution in [0.2, 0.25) is 8.67 Å². The Labute approximate surface area is 126 Å². The molecule has 2 rings (SSSR count). The number of amides is 1. The molecule has 3 nitrogen and oxygen atoms in total. The molecule has 0 bridgehead atoms. The molecular formula is C11H7BrCl2N2OS. The minimum Gasteiger partial charge on any atom is -0.398 e. The Kier molecular flexibility index (Phi) is 4.17. The molecule has 1 heterocycles. The molecule has 0 saturated carbocycles. The first-order chi connectivity index (χ1) is 8.47. The molecular weight excluding hydrogens is 359 g/mol. The molecule has 0 unspecified atom stereocenters. The Hall–Kier alpha value is -0.750. The highest BCUT2D eigenvalue weighted by Gasteiger charge is 2.14. The standard InChI is InChI=1S/C11H7BrCl2N2OS/c12-7-3-5(1-2-8(7)15)16-11(17)6-4-9(13)18-10(6)14/h1-4H,15H2,(H,16,17). The lowest BCUT2D eigenvalue weighted by Crippen LogP contribution is -2.11. The molecule has 1 aromatic carbocycles. The number of nitrogens with two attached hydrogens (primary N) is 1. The van der Waals surface area contributed by atoms with Crippen molar-refractivity contribution in [2.45, 2.75) is 0 Å². The van der Waals surface area contributed by atoms with Crippen molar-refractivity contribution in [1.82, 2.24) is 0 Å². The fourth-order valence-electron chi connectivity index (χ4n) is 1.30. The highest BCUT2D eigenvalue weighted by molar-refractivity contribution is 9.10. The number of benzene rings is 1. The summed E-state index contributed by atoms with van der Waals surface area (Å²) in [4.78, 5) is 12.0. The van der Waals surface area contributed by atoms with E-state index in [4.69, 9.17) is 28.9 Å². The van der Waals surface area contributed by atoms with Crippen LogP contribution in [0.3, 0.4) is 0 Å². The summed E-state index contributed by atoms with van der Waals surface area (Å²) in [5, 5.41) is 2.72. The molecule has 3 N–H and O–H groups in total. The number of carbonyl (C=O) groups excluding carboxylic acids is 1. The highest BCUT2D eigenvalue weighted by Crippen LogP contribution is 2.32. The molecule has 18 heavy (non-hydrogen) atoms. The van der Waals surface area contributed by atoms with Gasteiger partial charge >= 0.3 is 0 Å². The van der Waals surface area contributed by atoms with Gasteiger partial charge in [0.1, 0.15) is 4.34 Å². The number of thiophene rings is 1. The lowest BCUT2D eigenvalue weighted by molar-refractivity contribution is 0.102. The zero-order chi connectivity index (χ0) is 13.3. The summed E-state index contributed by atoms with van der Waals surface area (Å²) in [6.45, 7) is 0. The smallest absolute Gasteiger partial charge is 0.258 e. The normalized spacial score (nSPS) is 10.4. The minimum atomic E-state index is -0.306. The molecule has 0 aliphatic rings. The van der Waals surface area contributed by atoms with Gasteiger partial charge in [0.05, 0.1) is 9.90 Å². The van der Waals surface area contributed by atoms with Gasteiger partial charge in [-0.05, 0) is 40.2 Å². The van der Waals surface area contributed by atoms with Gasteiger partial charge in [-0.15, -0.1) is 11.3 Å². The van der Waals surface area contributed by atoms with E-state index < -0.39 is 0 Å². The number of hydrogen-bond donors (Lipinski definition) is 2. The van der Waals surface area contributed by atoms with Gasteiger partial charge in [0.25, 0.3) is 5.91 Å². The quantitative estimate of drug-likeness (QED) is 0.761. The number of carbonyl (C=O) groups is 1. The average molecular weight is 366 g/mol. The van der Waals surface area contributed by atoms with Crippen LogP contribution in [0.25, 0.3) is 0 Å². The third kappa shape index (κ3) is 2.98. The van der Waals surface area contributed by atoms with Gasteiger partial charge in [0.2, 0.25) is 0 Å². The number of hydrogen-bond acceptors (Lipinski definition) is 3. The van der Waals surface area contributed by atoms with Crippen molar-refractivity contribution in [1.29, 1.82) is 0 Å². The molecule has 7 heteroatoms. The maximum absolute atomic E-state index is 12.0. The second-order valence-electron chi connectivity index (χ2n) is 3.43. The fourth-order valence-corrected chi connectivity index (χ4v) is 3.14. The van der Waals surface area contributed by atoms with Crippen LogP contribution in [-0.2, 0) is 0 Å². The number of anilines is 2. The number of nitrogens with one attached hydrogen (secondary N) is 1. The average Bonchev–Trinajstić information content (AvgIpc) is 2.63. The van der Waals surface area contributed by atoms with Crippen molar-refractivity contribution in [3.05, 3.63) is 43.0 Å². The summed E-state index contributed by atoms with van der Waals surface area (Å²) < 4.78 is 1.56. The van der Waals surface area contributed by atoms with Crippen LogP contribution in [0.5, 0.6) is 0 Å². The first kappa shape index (κ1) is 13.7. The van der Waals surface area contributed by atoms with E-state index in [9.17, 15) is 4.79 Å². The van der Waals surface area contributed by atoms with Crippen LogP contribution in [0.15, 0.2) is 28.7 Å². The van der Waals surface area contributed by atoms with Gasteiger partial charge in [-0.3, -0.25) is 4.79 Å². The molecule has 0 fully saturated rings. The monoisotopic (exact) mass is 364 g/mol. The first-order valence-corrected chi connectivity index (χ1v) is 7.15. The molecule has 0 aliphatic heterocycles. The van der Waals surface area contributed by atoms with Gasteiger partial charge < -0.3 is 11.1 Å². The predicted molar refractivity (Wildman–Crippen MR) is 80.8 cm³/mol. The Balaban J connectivity index is 2.21. The van der Waals surface area contributed by atoms with Crippen molar-refractivity contribution in [2.75, 3.05) is 11.1 Å². The van der Waals surface area contributed by atoms with Crippen molar-refractivity contribution in [3.63, 3.8) is 0 Å². The molecule has 1 amide bonds. The van der Waals surface area contributed by atoms with Crippen LogP contribution >= 0.6 is 50.5 Å². The zero-order valence-electron chi connectivity index (χ0n) is 8.84. The molecule has 1 aromatic heterocycles. The van der Waals surface area contributed by atoms with Crippen molar-refractivity contribution >= 4 is 67.8 Å². The van der Waals surface area contributed by atoms with Crippen LogP contribution in [0.1, 0.15) is 10.4 Å². The SMILES string of the molecule is Nc1ccc(NC(=O)c2cc(Cl)sc2Cl)cc1Br. The number of halogens is 3. The first-order valence-electron chi connectivity index (χ1n) is 4.78. The Morgan fingerprint density at radius 1 is 1.33 bits per heavy atom. The topological polar surface area (TPSA) is 55.1 Å². The summed E-state index contributed by atoms with van der Waals surface area (Å²) >= 11 is 16.1. The Morgan fingerprint density at radius 2 is 2.06 bits per heavy atom. The molecule has 0 spiro atoms.